The quantitative estimate of drug-likeness (QED) is 0.610. The summed E-state index contributed by atoms with van der Waals surface area (Å²) in [5.74, 6) is 0.886. The van der Waals surface area contributed by atoms with Gasteiger partial charge in [-0.3, -0.25) is 9.48 Å². The van der Waals surface area contributed by atoms with Gasteiger partial charge in [0.1, 0.15) is 0 Å². The van der Waals surface area contributed by atoms with Crippen molar-refractivity contribution in [3.8, 4) is 11.5 Å². The lowest BCUT2D eigenvalue weighted by Gasteiger charge is -2.08. The Balaban J connectivity index is 2.16. The molecular weight excluding hydrogens is 364 g/mol. The van der Waals surface area contributed by atoms with E-state index >= 15 is 0 Å². The Hall–Kier alpha value is -2.87. The minimum Gasteiger partial charge on any atom is -0.493 e. The van der Waals surface area contributed by atoms with Crippen molar-refractivity contribution >= 4 is 27.5 Å². The standard InChI is InChI=1S/C19H22N4O3S/c1-6-8-22-14-10-15(25-4)16(26-5)11-17(14)27-19(22)20-18(24)13-9-12(3)23(7-2)21-13/h6,9-11H,1,7-8H2,2-5H3. The number of hydrogen-bond acceptors (Lipinski definition) is 5. The van der Waals surface area contributed by atoms with E-state index in [0.29, 0.717) is 35.1 Å². The van der Waals surface area contributed by atoms with E-state index < -0.39 is 0 Å². The van der Waals surface area contributed by atoms with Crippen LogP contribution in [0.15, 0.2) is 35.8 Å². The lowest BCUT2D eigenvalue weighted by Crippen LogP contribution is -2.16. The Morgan fingerprint density at radius 1 is 1.30 bits per heavy atom. The van der Waals surface area contributed by atoms with Crippen LogP contribution in [0.4, 0.5) is 0 Å². The predicted octanol–water partition coefficient (Wildman–Crippen LogP) is 3.17. The van der Waals surface area contributed by atoms with E-state index in [4.69, 9.17) is 9.47 Å². The summed E-state index contributed by atoms with van der Waals surface area (Å²) in [5, 5.41) is 4.32. The first kappa shape index (κ1) is 18.9. The number of allylic oxidation sites excluding steroid dienone is 1. The fraction of sp³-hybridized carbons (Fsp3) is 0.316. The van der Waals surface area contributed by atoms with Crippen LogP contribution in [0.5, 0.6) is 11.5 Å². The van der Waals surface area contributed by atoms with Gasteiger partial charge in [0.05, 0.1) is 24.4 Å². The third-order valence-corrected chi connectivity index (χ3v) is 5.24. The van der Waals surface area contributed by atoms with Crippen molar-refractivity contribution in [1.29, 1.82) is 0 Å². The first-order valence-electron chi connectivity index (χ1n) is 8.52. The number of aryl methyl sites for hydroxylation is 2. The number of aromatic nitrogens is 3. The molecule has 1 amide bonds. The van der Waals surface area contributed by atoms with E-state index in [0.717, 1.165) is 15.9 Å². The number of ether oxygens (including phenoxy) is 2. The third kappa shape index (κ3) is 3.52. The Bertz CT molecular complexity index is 1070. The van der Waals surface area contributed by atoms with Crippen LogP contribution in [0, 0.1) is 6.92 Å². The van der Waals surface area contributed by atoms with Crippen LogP contribution < -0.4 is 14.3 Å². The number of rotatable bonds is 6. The number of amides is 1. The number of carbonyl (C=O) groups excluding carboxylic acids is 1. The Labute approximate surface area is 161 Å². The summed E-state index contributed by atoms with van der Waals surface area (Å²) in [6.45, 7) is 8.94. The van der Waals surface area contributed by atoms with E-state index in [1.54, 1.807) is 31.0 Å². The Morgan fingerprint density at radius 2 is 2.00 bits per heavy atom. The van der Waals surface area contributed by atoms with Crippen LogP contribution in [-0.4, -0.2) is 34.5 Å². The third-order valence-electron chi connectivity index (χ3n) is 4.20. The fourth-order valence-electron chi connectivity index (χ4n) is 2.87. The van der Waals surface area contributed by atoms with Crippen LogP contribution in [0.3, 0.4) is 0 Å². The number of fused-ring (bicyclic) bond motifs is 1. The maximum atomic E-state index is 12.7. The molecule has 0 saturated carbocycles. The van der Waals surface area contributed by atoms with Crippen LogP contribution in [0.25, 0.3) is 10.2 Å². The lowest BCUT2D eigenvalue weighted by molar-refractivity contribution is 0.0992. The number of nitrogens with zero attached hydrogens (tertiary/aromatic N) is 4. The molecule has 0 aliphatic heterocycles. The zero-order valence-corrected chi connectivity index (χ0v) is 16.7. The molecule has 0 aliphatic rings. The normalized spacial score (nSPS) is 11.8. The van der Waals surface area contributed by atoms with Crippen LogP contribution in [0.2, 0.25) is 0 Å². The number of carbonyl (C=O) groups is 1. The van der Waals surface area contributed by atoms with Crippen molar-refractivity contribution in [3.63, 3.8) is 0 Å². The summed E-state index contributed by atoms with van der Waals surface area (Å²) in [7, 11) is 3.19. The highest BCUT2D eigenvalue weighted by Crippen LogP contribution is 2.33. The molecule has 0 saturated heterocycles. The average molecular weight is 386 g/mol. The van der Waals surface area contributed by atoms with E-state index in [-0.39, 0.29) is 5.91 Å². The smallest absolute Gasteiger partial charge is 0.300 e. The van der Waals surface area contributed by atoms with Gasteiger partial charge in [0.2, 0.25) is 0 Å². The van der Waals surface area contributed by atoms with Gasteiger partial charge in [-0.25, -0.2) is 0 Å². The molecule has 0 fully saturated rings. The number of methoxy groups -OCH3 is 2. The largest absolute Gasteiger partial charge is 0.493 e. The van der Waals surface area contributed by atoms with Gasteiger partial charge in [-0.15, -0.1) is 6.58 Å². The molecule has 0 N–H and O–H groups in total. The lowest BCUT2D eigenvalue weighted by atomic mass is 10.3. The molecule has 2 heterocycles. The molecule has 0 aliphatic carbocycles. The molecule has 142 valence electrons. The number of hydrogen-bond donors (Lipinski definition) is 0. The first-order valence-corrected chi connectivity index (χ1v) is 9.33. The summed E-state index contributed by atoms with van der Waals surface area (Å²) in [4.78, 5) is 17.6. The second-order valence-corrected chi connectivity index (χ2v) is 6.87. The highest BCUT2D eigenvalue weighted by molar-refractivity contribution is 7.16. The Morgan fingerprint density at radius 3 is 2.59 bits per heavy atom. The monoisotopic (exact) mass is 386 g/mol. The fourth-order valence-corrected chi connectivity index (χ4v) is 3.91. The van der Waals surface area contributed by atoms with E-state index in [1.807, 2.05) is 30.5 Å². The first-order chi connectivity index (χ1) is 13.0. The van der Waals surface area contributed by atoms with E-state index in [2.05, 4.69) is 16.7 Å². The maximum Gasteiger partial charge on any atom is 0.300 e. The van der Waals surface area contributed by atoms with Crippen LogP contribution in [0.1, 0.15) is 23.1 Å². The molecule has 27 heavy (non-hydrogen) atoms. The molecule has 0 radical (unpaired) electrons. The van der Waals surface area contributed by atoms with Crippen molar-refractivity contribution < 1.29 is 14.3 Å². The molecule has 3 aromatic rings. The van der Waals surface area contributed by atoms with Gasteiger partial charge in [-0.05, 0) is 19.9 Å². The summed E-state index contributed by atoms with van der Waals surface area (Å²) < 4.78 is 15.4. The minimum absolute atomic E-state index is 0.340. The van der Waals surface area contributed by atoms with Gasteiger partial charge in [0.15, 0.2) is 22.0 Å². The number of benzene rings is 1. The van der Waals surface area contributed by atoms with Crippen molar-refractivity contribution in [1.82, 2.24) is 14.3 Å². The molecule has 0 spiro atoms. The second kappa shape index (κ2) is 7.79. The molecule has 2 aromatic heterocycles. The highest BCUT2D eigenvalue weighted by Gasteiger charge is 2.15. The molecule has 0 bridgehead atoms. The van der Waals surface area contributed by atoms with Crippen molar-refractivity contribution in [2.24, 2.45) is 4.99 Å². The molecule has 0 unspecified atom stereocenters. The van der Waals surface area contributed by atoms with Gasteiger partial charge in [0.25, 0.3) is 5.91 Å². The van der Waals surface area contributed by atoms with Crippen LogP contribution in [-0.2, 0) is 13.1 Å². The van der Waals surface area contributed by atoms with Gasteiger partial charge in [0, 0.05) is 30.9 Å². The maximum absolute atomic E-state index is 12.7. The van der Waals surface area contributed by atoms with Crippen molar-refractivity contribution in [2.75, 3.05) is 14.2 Å². The molecule has 3 rings (SSSR count). The van der Waals surface area contributed by atoms with Gasteiger partial charge < -0.3 is 14.0 Å². The average Bonchev–Trinajstić information content (AvgIpc) is 3.21. The molecule has 8 heteroatoms. The SMILES string of the molecule is C=CCn1c(=NC(=O)c2cc(C)n(CC)n2)sc2cc(OC)c(OC)cc21. The van der Waals surface area contributed by atoms with Crippen LogP contribution >= 0.6 is 11.3 Å². The molecule has 0 atom stereocenters. The van der Waals surface area contributed by atoms with Gasteiger partial charge in [-0.2, -0.15) is 10.1 Å². The van der Waals surface area contributed by atoms with Gasteiger partial charge >= 0.3 is 0 Å². The predicted molar refractivity (Wildman–Crippen MR) is 106 cm³/mol. The second-order valence-electron chi connectivity index (χ2n) is 5.86. The highest BCUT2D eigenvalue weighted by atomic mass is 32.1. The molecule has 1 aromatic carbocycles. The summed E-state index contributed by atoms with van der Waals surface area (Å²) >= 11 is 1.41. The van der Waals surface area contributed by atoms with E-state index in [9.17, 15) is 4.79 Å². The molecular formula is C19H22N4O3S. The molecule has 7 nitrogen and oxygen atoms in total. The Kier molecular flexibility index (Phi) is 5.46. The van der Waals surface area contributed by atoms with Crippen molar-refractivity contribution in [3.05, 3.63) is 47.0 Å². The number of thiazole rings is 1. The zero-order valence-electron chi connectivity index (χ0n) is 15.9. The van der Waals surface area contributed by atoms with E-state index in [1.165, 1.54) is 11.3 Å². The summed E-state index contributed by atoms with van der Waals surface area (Å²) in [5.41, 5.74) is 2.17. The minimum atomic E-state index is -0.367. The topological polar surface area (TPSA) is 70.6 Å². The van der Waals surface area contributed by atoms with Crippen molar-refractivity contribution in [2.45, 2.75) is 26.9 Å². The zero-order chi connectivity index (χ0) is 19.6. The summed E-state index contributed by atoms with van der Waals surface area (Å²) in [6.07, 6.45) is 1.77. The van der Waals surface area contributed by atoms with Gasteiger partial charge in [-0.1, -0.05) is 17.4 Å². The summed E-state index contributed by atoms with van der Waals surface area (Å²) in [6, 6.07) is 5.53.